The van der Waals surface area contributed by atoms with Crippen LogP contribution in [-0.4, -0.2) is 15.5 Å². The molecule has 112 valence electrons. The third-order valence-corrected chi connectivity index (χ3v) is 3.01. The van der Waals surface area contributed by atoms with Crippen molar-refractivity contribution in [3.8, 4) is 0 Å². The minimum atomic E-state index is -0.164. The van der Waals surface area contributed by atoms with Gasteiger partial charge in [0.25, 0.3) is 0 Å². The molecule has 0 aliphatic heterocycles. The summed E-state index contributed by atoms with van der Waals surface area (Å²) >= 11 is 0. The van der Waals surface area contributed by atoms with Crippen molar-refractivity contribution in [3.63, 3.8) is 0 Å². The number of aromatic nitrogens is 2. The molecule has 4 heteroatoms. The van der Waals surface area contributed by atoms with Crippen molar-refractivity contribution in [3.05, 3.63) is 67.3 Å². The van der Waals surface area contributed by atoms with E-state index in [-0.39, 0.29) is 5.91 Å². The third kappa shape index (κ3) is 4.31. The number of hydrogen-bond donors (Lipinski definition) is 1. The van der Waals surface area contributed by atoms with Gasteiger partial charge in [0.2, 0.25) is 5.91 Å². The highest BCUT2D eigenvalue weighted by molar-refractivity contribution is 5.91. The molecule has 0 aliphatic rings. The van der Waals surface area contributed by atoms with E-state index in [0.29, 0.717) is 31.5 Å². The number of amides is 1. The van der Waals surface area contributed by atoms with Gasteiger partial charge >= 0.3 is 0 Å². The Balaban J connectivity index is 3.10. The van der Waals surface area contributed by atoms with Crippen molar-refractivity contribution in [2.75, 3.05) is 0 Å². The predicted molar refractivity (Wildman–Crippen MR) is 86.9 cm³/mol. The summed E-state index contributed by atoms with van der Waals surface area (Å²) in [7, 11) is 0. The van der Waals surface area contributed by atoms with Gasteiger partial charge in [-0.05, 0) is 6.92 Å². The van der Waals surface area contributed by atoms with Crippen LogP contribution >= 0.6 is 0 Å². The van der Waals surface area contributed by atoms with Gasteiger partial charge in [-0.15, -0.1) is 19.7 Å². The maximum absolute atomic E-state index is 11.6. The zero-order valence-electron chi connectivity index (χ0n) is 12.7. The van der Waals surface area contributed by atoms with Crippen LogP contribution in [0.5, 0.6) is 0 Å². The molecule has 0 atom stereocenters. The fraction of sp³-hybridized carbons (Fsp3) is 0.294. The Kier molecular flexibility index (Phi) is 6.40. The first kappa shape index (κ1) is 16.7. The Bertz CT molecular complexity index is 567. The smallest absolute Gasteiger partial charge is 0.246 e. The van der Waals surface area contributed by atoms with Gasteiger partial charge in [0.05, 0.1) is 12.2 Å². The van der Waals surface area contributed by atoms with Gasteiger partial charge in [-0.25, -0.2) is 4.98 Å². The lowest BCUT2D eigenvalue weighted by molar-refractivity contribution is -0.117. The highest BCUT2D eigenvalue weighted by Gasteiger charge is 2.15. The van der Waals surface area contributed by atoms with E-state index >= 15 is 0 Å². The van der Waals surface area contributed by atoms with Crippen LogP contribution in [0.1, 0.15) is 24.1 Å². The first-order chi connectivity index (χ1) is 10.0. The normalized spacial score (nSPS) is 9.95. The summed E-state index contributed by atoms with van der Waals surface area (Å²) < 4.78 is 2.10. The average molecular weight is 285 g/mol. The van der Waals surface area contributed by atoms with E-state index in [0.717, 1.165) is 17.2 Å². The van der Waals surface area contributed by atoms with Crippen LogP contribution in [0.15, 0.2) is 50.1 Å². The van der Waals surface area contributed by atoms with E-state index in [1.54, 1.807) is 6.92 Å². The molecule has 1 heterocycles. The Morgan fingerprint density at radius 2 is 1.90 bits per heavy atom. The lowest BCUT2D eigenvalue weighted by Crippen LogP contribution is -2.24. The number of carbonyl (C=O) groups excluding carboxylic acids is 1. The maximum atomic E-state index is 11.6. The van der Waals surface area contributed by atoms with Crippen molar-refractivity contribution in [1.29, 1.82) is 0 Å². The van der Waals surface area contributed by atoms with Crippen LogP contribution in [0.2, 0.25) is 0 Å². The summed E-state index contributed by atoms with van der Waals surface area (Å²) in [5, 5.41) is 2.82. The second-order valence-electron chi connectivity index (χ2n) is 4.77. The second-order valence-corrected chi connectivity index (χ2v) is 4.77. The molecule has 0 saturated carbocycles. The zero-order chi connectivity index (χ0) is 15.8. The fourth-order valence-corrected chi connectivity index (χ4v) is 2.04. The molecule has 0 unspecified atom stereocenters. The van der Waals surface area contributed by atoms with Crippen LogP contribution in [-0.2, 0) is 30.7 Å². The van der Waals surface area contributed by atoms with E-state index in [4.69, 9.17) is 0 Å². The average Bonchev–Trinajstić information content (AvgIpc) is 2.76. The van der Waals surface area contributed by atoms with Gasteiger partial charge in [0, 0.05) is 30.7 Å². The standard InChI is InChI=1S/C17H23N3O/c1-6-9-15-14(12-18-17(21)13(4)5)19-16(10-7-2)20(15)11-8-3/h6-8H,1-4,9-12H2,5H3,(H,18,21). The number of nitrogens with one attached hydrogen (secondary N) is 1. The molecule has 0 bridgehead atoms. The van der Waals surface area contributed by atoms with Gasteiger partial charge in [0.1, 0.15) is 5.82 Å². The topological polar surface area (TPSA) is 46.9 Å². The monoisotopic (exact) mass is 285 g/mol. The number of carbonyl (C=O) groups is 1. The van der Waals surface area contributed by atoms with Crippen molar-refractivity contribution in [2.24, 2.45) is 0 Å². The summed E-state index contributed by atoms with van der Waals surface area (Å²) in [5.74, 6) is 0.754. The highest BCUT2D eigenvalue weighted by atomic mass is 16.1. The third-order valence-electron chi connectivity index (χ3n) is 3.01. The first-order valence-corrected chi connectivity index (χ1v) is 6.88. The number of imidazole rings is 1. The molecule has 1 amide bonds. The minimum absolute atomic E-state index is 0.164. The minimum Gasteiger partial charge on any atom is -0.347 e. The van der Waals surface area contributed by atoms with E-state index in [1.165, 1.54) is 0 Å². The van der Waals surface area contributed by atoms with Gasteiger partial charge in [-0.2, -0.15) is 0 Å². The second kappa shape index (κ2) is 8.04. The van der Waals surface area contributed by atoms with Crippen LogP contribution in [0.25, 0.3) is 0 Å². The molecule has 0 aliphatic carbocycles. The molecule has 1 N–H and O–H groups in total. The lowest BCUT2D eigenvalue weighted by Gasteiger charge is -2.09. The summed E-state index contributed by atoms with van der Waals surface area (Å²) in [4.78, 5) is 16.3. The molecule has 0 fully saturated rings. The van der Waals surface area contributed by atoms with Crippen LogP contribution in [0.4, 0.5) is 0 Å². The molecule has 0 saturated heterocycles. The van der Waals surface area contributed by atoms with Crippen molar-refractivity contribution >= 4 is 5.91 Å². The molecule has 0 spiro atoms. The fourth-order valence-electron chi connectivity index (χ4n) is 2.04. The number of allylic oxidation sites excluding steroid dienone is 3. The SMILES string of the molecule is C=CCc1nc(CNC(=O)C(=C)C)c(CC=C)n1CC=C. The quantitative estimate of drug-likeness (QED) is 0.560. The van der Waals surface area contributed by atoms with E-state index in [2.05, 4.69) is 41.2 Å². The summed E-state index contributed by atoms with van der Waals surface area (Å²) in [6.45, 7) is 17.7. The largest absolute Gasteiger partial charge is 0.347 e. The lowest BCUT2D eigenvalue weighted by atomic mass is 10.2. The summed E-state index contributed by atoms with van der Waals surface area (Å²) in [6, 6.07) is 0. The molecular formula is C17H23N3O. The molecule has 1 aromatic rings. The Morgan fingerprint density at radius 3 is 2.43 bits per heavy atom. The van der Waals surface area contributed by atoms with Crippen molar-refractivity contribution < 1.29 is 4.79 Å². The van der Waals surface area contributed by atoms with Crippen molar-refractivity contribution in [2.45, 2.75) is 32.9 Å². The number of hydrogen-bond acceptors (Lipinski definition) is 2. The van der Waals surface area contributed by atoms with Crippen molar-refractivity contribution in [1.82, 2.24) is 14.9 Å². The van der Waals surface area contributed by atoms with Crippen LogP contribution < -0.4 is 5.32 Å². The van der Waals surface area contributed by atoms with Crippen LogP contribution in [0, 0.1) is 0 Å². The van der Waals surface area contributed by atoms with Gasteiger partial charge < -0.3 is 9.88 Å². The number of rotatable bonds is 9. The molecule has 0 aromatic carbocycles. The first-order valence-electron chi connectivity index (χ1n) is 6.88. The predicted octanol–water partition coefficient (Wildman–Crippen LogP) is 2.72. The highest BCUT2D eigenvalue weighted by Crippen LogP contribution is 2.15. The zero-order valence-corrected chi connectivity index (χ0v) is 12.7. The molecule has 21 heavy (non-hydrogen) atoms. The Hall–Kier alpha value is -2.36. The van der Waals surface area contributed by atoms with E-state index in [1.807, 2.05) is 18.2 Å². The Labute approximate surface area is 126 Å². The molecule has 1 aromatic heterocycles. The summed E-state index contributed by atoms with van der Waals surface area (Å²) in [5.41, 5.74) is 2.38. The molecule has 4 nitrogen and oxygen atoms in total. The maximum Gasteiger partial charge on any atom is 0.246 e. The van der Waals surface area contributed by atoms with Gasteiger partial charge in [0.15, 0.2) is 0 Å². The Morgan fingerprint density at radius 1 is 1.24 bits per heavy atom. The van der Waals surface area contributed by atoms with Crippen LogP contribution in [0.3, 0.4) is 0 Å². The van der Waals surface area contributed by atoms with Gasteiger partial charge in [-0.1, -0.05) is 24.8 Å². The van der Waals surface area contributed by atoms with Gasteiger partial charge in [-0.3, -0.25) is 4.79 Å². The molecule has 1 rings (SSSR count). The summed E-state index contributed by atoms with van der Waals surface area (Å²) in [6.07, 6.45) is 6.84. The van der Waals surface area contributed by atoms with E-state index in [9.17, 15) is 4.79 Å². The number of nitrogens with zero attached hydrogens (tertiary/aromatic N) is 2. The van der Waals surface area contributed by atoms with E-state index < -0.39 is 0 Å². The molecular weight excluding hydrogens is 262 g/mol. The molecule has 0 radical (unpaired) electrons.